The summed E-state index contributed by atoms with van der Waals surface area (Å²) in [4.78, 5) is 36.1. The first-order valence-electron chi connectivity index (χ1n) is 6.29. The van der Waals surface area contributed by atoms with Crippen molar-refractivity contribution in [3.8, 4) is 0 Å². The monoisotopic (exact) mass is 297 g/mol. The lowest BCUT2D eigenvalue weighted by Gasteiger charge is -2.09. The molecule has 0 aromatic carbocycles. The molecule has 20 heavy (non-hydrogen) atoms. The second kappa shape index (κ2) is 7.64. The third-order valence-corrected chi connectivity index (χ3v) is 3.27. The Morgan fingerprint density at radius 2 is 1.75 bits per heavy atom. The van der Waals surface area contributed by atoms with Crippen LogP contribution in [0.1, 0.15) is 28.4 Å². The van der Waals surface area contributed by atoms with Crippen molar-refractivity contribution in [2.45, 2.75) is 26.8 Å². The standard InChI is InChI=1S/C13H19N3O3S/c1-8(2)16-12(18)7-14-11(17)6-15-13(19)10-5-4-9(3)20-10/h4-5,8H,6-7H2,1-3H3,(H,14,17)(H,15,19)(H,16,18). The van der Waals surface area contributed by atoms with E-state index in [4.69, 9.17) is 0 Å². The van der Waals surface area contributed by atoms with Gasteiger partial charge in [-0.05, 0) is 32.9 Å². The molecule has 6 nitrogen and oxygen atoms in total. The zero-order chi connectivity index (χ0) is 15.1. The number of carbonyl (C=O) groups is 3. The molecule has 0 fully saturated rings. The van der Waals surface area contributed by atoms with E-state index in [1.54, 1.807) is 6.07 Å². The summed E-state index contributed by atoms with van der Waals surface area (Å²) in [7, 11) is 0. The number of thiophene rings is 1. The second-order valence-electron chi connectivity index (χ2n) is 4.59. The zero-order valence-corrected chi connectivity index (χ0v) is 12.6. The quantitative estimate of drug-likeness (QED) is 0.711. The first-order valence-corrected chi connectivity index (χ1v) is 7.11. The SMILES string of the molecule is Cc1ccc(C(=O)NCC(=O)NCC(=O)NC(C)C)s1. The van der Waals surface area contributed by atoms with Crippen LogP contribution in [0.2, 0.25) is 0 Å². The largest absolute Gasteiger partial charge is 0.352 e. The molecule has 110 valence electrons. The smallest absolute Gasteiger partial charge is 0.261 e. The van der Waals surface area contributed by atoms with E-state index in [-0.39, 0.29) is 30.9 Å². The Balaban J connectivity index is 2.26. The second-order valence-corrected chi connectivity index (χ2v) is 5.88. The van der Waals surface area contributed by atoms with Crippen LogP contribution in [0.5, 0.6) is 0 Å². The van der Waals surface area contributed by atoms with Gasteiger partial charge < -0.3 is 16.0 Å². The van der Waals surface area contributed by atoms with E-state index in [2.05, 4.69) is 16.0 Å². The minimum absolute atomic E-state index is 0.0289. The molecule has 1 rings (SSSR count). The highest BCUT2D eigenvalue weighted by atomic mass is 32.1. The Labute approximate surface area is 121 Å². The van der Waals surface area contributed by atoms with Crippen LogP contribution in [0.15, 0.2) is 12.1 Å². The summed E-state index contributed by atoms with van der Waals surface area (Å²) in [5.41, 5.74) is 0. The molecule has 1 aromatic heterocycles. The highest BCUT2D eigenvalue weighted by Crippen LogP contribution is 2.14. The van der Waals surface area contributed by atoms with Crippen LogP contribution in [0.3, 0.4) is 0 Å². The highest BCUT2D eigenvalue weighted by Gasteiger charge is 2.10. The Hall–Kier alpha value is -1.89. The van der Waals surface area contributed by atoms with E-state index in [0.717, 1.165) is 4.88 Å². The van der Waals surface area contributed by atoms with Crippen molar-refractivity contribution in [3.05, 3.63) is 21.9 Å². The summed E-state index contributed by atoms with van der Waals surface area (Å²) in [6, 6.07) is 3.58. The van der Waals surface area contributed by atoms with Crippen LogP contribution in [0.25, 0.3) is 0 Å². The minimum Gasteiger partial charge on any atom is -0.352 e. The molecule has 0 saturated heterocycles. The molecule has 0 aliphatic rings. The van der Waals surface area contributed by atoms with E-state index in [0.29, 0.717) is 4.88 Å². The third kappa shape index (κ3) is 5.83. The molecule has 3 N–H and O–H groups in total. The number of hydrogen-bond acceptors (Lipinski definition) is 4. The number of aryl methyl sites for hydroxylation is 1. The van der Waals surface area contributed by atoms with Gasteiger partial charge in [0.05, 0.1) is 18.0 Å². The minimum atomic E-state index is -0.398. The molecule has 3 amide bonds. The van der Waals surface area contributed by atoms with Crippen molar-refractivity contribution in [1.82, 2.24) is 16.0 Å². The molecule has 0 unspecified atom stereocenters. The van der Waals surface area contributed by atoms with Gasteiger partial charge in [-0.2, -0.15) is 0 Å². The summed E-state index contributed by atoms with van der Waals surface area (Å²) in [5, 5.41) is 7.59. The predicted molar refractivity (Wildman–Crippen MR) is 77.7 cm³/mol. The average molecular weight is 297 g/mol. The molecule has 0 radical (unpaired) electrons. The summed E-state index contributed by atoms with van der Waals surface area (Å²) < 4.78 is 0. The van der Waals surface area contributed by atoms with Gasteiger partial charge in [-0.25, -0.2) is 0 Å². The Morgan fingerprint density at radius 1 is 1.10 bits per heavy atom. The number of hydrogen-bond donors (Lipinski definition) is 3. The summed E-state index contributed by atoms with van der Waals surface area (Å²) in [5.74, 6) is -0.941. The van der Waals surface area contributed by atoms with Gasteiger partial charge in [0.15, 0.2) is 0 Å². The molecule has 0 aliphatic heterocycles. The van der Waals surface area contributed by atoms with E-state index in [1.165, 1.54) is 11.3 Å². The predicted octanol–water partition coefficient (Wildman–Crippen LogP) is 0.427. The number of nitrogens with one attached hydrogen (secondary N) is 3. The normalized spacial score (nSPS) is 10.2. The van der Waals surface area contributed by atoms with Crippen molar-refractivity contribution < 1.29 is 14.4 Å². The van der Waals surface area contributed by atoms with Gasteiger partial charge >= 0.3 is 0 Å². The van der Waals surface area contributed by atoms with Gasteiger partial charge in [0.1, 0.15) is 0 Å². The lowest BCUT2D eigenvalue weighted by molar-refractivity contribution is -0.125. The summed E-state index contributed by atoms with van der Waals surface area (Å²) in [6.45, 7) is 5.34. The molecule has 0 bridgehead atoms. The fourth-order valence-corrected chi connectivity index (χ4v) is 2.20. The van der Waals surface area contributed by atoms with Crippen LogP contribution in [-0.2, 0) is 9.59 Å². The maximum Gasteiger partial charge on any atom is 0.261 e. The van der Waals surface area contributed by atoms with Crippen molar-refractivity contribution in [2.75, 3.05) is 13.1 Å². The van der Waals surface area contributed by atoms with Crippen LogP contribution in [-0.4, -0.2) is 36.9 Å². The van der Waals surface area contributed by atoms with E-state index in [9.17, 15) is 14.4 Å². The molecule has 0 saturated carbocycles. The first kappa shape index (κ1) is 16.2. The van der Waals surface area contributed by atoms with Gasteiger partial charge in [-0.15, -0.1) is 11.3 Å². The lowest BCUT2D eigenvalue weighted by Crippen LogP contribution is -2.43. The third-order valence-electron chi connectivity index (χ3n) is 2.27. The van der Waals surface area contributed by atoms with Crippen LogP contribution in [0, 0.1) is 6.92 Å². The van der Waals surface area contributed by atoms with Crippen molar-refractivity contribution in [3.63, 3.8) is 0 Å². The van der Waals surface area contributed by atoms with Crippen molar-refractivity contribution >= 4 is 29.1 Å². The van der Waals surface area contributed by atoms with Crippen LogP contribution >= 0.6 is 11.3 Å². The molecule has 1 aromatic rings. The van der Waals surface area contributed by atoms with E-state index < -0.39 is 5.91 Å². The molecule has 0 spiro atoms. The topological polar surface area (TPSA) is 87.3 Å². The highest BCUT2D eigenvalue weighted by molar-refractivity contribution is 7.13. The van der Waals surface area contributed by atoms with Gasteiger partial charge in [0.2, 0.25) is 11.8 Å². The molecular weight excluding hydrogens is 278 g/mol. The first-order chi connectivity index (χ1) is 9.38. The fraction of sp³-hybridized carbons (Fsp3) is 0.462. The van der Waals surface area contributed by atoms with Crippen LogP contribution < -0.4 is 16.0 Å². The molecule has 1 heterocycles. The zero-order valence-electron chi connectivity index (χ0n) is 11.8. The van der Waals surface area contributed by atoms with Crippen molar-refractivity contribution in [1.29, 1.82) is 0 Å². The lowest BCUT2D eigenvalue weighted by atomic mass is 10.4. The number of carbonyl (C=O) groups excluding carboxylic acids is 3. The van der Waals surface area contributed by atoms with Gasteiger partial charge in [-0.3, -0.25) is 14.4 Å². The Kier molecular flexibility index (Phi) is 6.17. The van der Waals surface area contributed by atoms with Crippen molar-refractivity contribution in [2.24, 2.45) is 0 Å². The molecule has 7 heteroatoms. The Morgan fingerprint density at radius 3 is 2.30 bits per heavy atom. The maximum absolute atomic E-state index is 11.7. The Bertz CT molecular complexity index is 497. The van der Waals surface area contributed by atoms with E-state index >= 15 is 0 Å². The number of amides is 3. The average Bonchev–Trinajstić information content (AvgIpc) is 2.79. The van der Waals surface area contributed by atoms with Gasteiger partial charge in [0, 0.05) is 10.9 Å². The maximum atomic E-state index is 11.7. The van der Waals surface area contributed by atoms with Gasteiger partial charge in [-0.1, -0.05) is 0 Å². The van der Waals surface area contributed by atoms with Gasteiger partial charge in [0.25, 0.3) is 5.91 Å². The fourth-order valence-electron chi connectivity index (χ4n) is 1.42. The summed E-state index contributed by atoms with van der Waals surface area (Å²) in [6.07, 6.45) is 0. The van der Waals surface area contributed by atoms with E-state index in [1.807, 2.05) is 26.8 Å². The van der Waals surface area contributed by atoms with Crippen LogP contribution in [0.4, 0.5) is 0 Å². The molecule has 0 atom stereocenters. The molecule has 0 aliphatic carbocycles. The summed E-state index contributed by atoms with van der Waals surface area (Å²) >= 11 is 1.36. The molecular formula is C13H19N3O3S. The number of rotatable bonds is 6.